The van der Waals surface area contributed by atoms with Crippen LogP contribution < -0.4 is 10.2 Å². The van der Waals surface area contributed by atoms with Gasteiger partial charge in [-0.1, -0.05) is 13.8 Å². The molecule has 0 saturated carbocycles. The molecule has 0 bridgehead atoms. The SMILES string of the molecule is CC(C)CCO[P@](=O)(c1ccc(N(C)C)cc1)[C@@H](O)c1ccncc1. The Bertz CT molecular complexity index is 702. The Hall–Kier alpha value is -1.68. The van der Waals surface area contributed by atoms with Gasteiger partial charge in [-0.2, -0.15) is 0 Å². The summed E-state index contributed by atoms with van der Waals surface area (Å²) in [6.45, 7) is 4.51. The first kappa shape index (κ1) is 19.6. The second-order valence-corrected chi connectivity index (χ2v) is 9.14. The lowest BCUT2D eigenvalue weighted by atomic mass is 10.2. The largest absolute Gasteiger partial charge is 0.378 e. The molecule has 136 valence electrons. The van der Waals surface area contributed by atoms with Gasteiger partial charge in [-0.15, -0.1) is 0 Å². The average Bonchev–Trinajstić information content (AvgIpc) is 2.61. The van der Waals surface area contributed by atoms with Crippen molar-refractivity contribution in [3.8, 4) is 0 Å². The summed E-state index contributed by atoms with van der Waals surface area (Å²) in [5.74, 6) is -0.782. The van der Waals surface area contributed by atoms with Crippen molar-refractivity contribution < 1.29 is 14.2 Å². The van der Waals surface area contributed by atoms with Gasteiger partial charge < -0.3 is 14.5 Å². The molecule has 0 aliphatic heterocycles. The standard InChI is InChI=1S/C19H27N2O3P/c1-15(2)11-14-24-25(23,19(22)16-9-12-20-13-10-16)18-7-5-17(6-8-18)21(3)4/h5-10,12-13,15,19,22H,11,14H2,1-4H3/t19-,25-/m1/s1. The zero-order valence-electron chi connectivity index (χ0n) is 15.3. The van der Waals surface area contributed by atoms with Crippen LogP contribution in [0.15, 0.2) is 48.8 Å². The number of aliphatic hydroxyl groups excluding tert-OH is 1. The van der Waals surface area contributed by atoms with Crippen LogP contribution in [0.4, 0.5) is 5.69 Å². The fourth-order valence-corrected chi connectivity index (χ4v) is 4.48. The van der Waals surface area contributed by atoms with Gasteiger partial charge >= 0.3 is 0 Å². The van der Waals surface area contributed by atoms with E-state index >= 15 is 0 Å². The number of pyridine rings is 1. The summed E-state index contributed by atoms with van der Waals surface area (Å²) in [6.07, 6.45) is 3.93. The zero-order chi connectivity index (χ0) is 18.4. The van der Waals surface area contributed by atoms with Crippen LogP contribution in [-0.2, 0) is 9.09 Å². The monoisotopic (exact) mass is 362 g/mol. The van der Waals surface area contributed by atoms with Crippen LogP contribution in [0.2, 0.25) is 0 Å². The van der Waals surface area contributed by atoms with Crippen LogP contribution in [0.25, 0.3) is 0 Å². The van der Waals surface area contributed by atoms with Crippen molar-refractivity contribution in [2.45, 2.75) is 26.1 Å². The van der Waals surface area contributed by atoms with Gasteiger partial charge in [-0.05, 0) is 54.3 Å². The van der Waals surface area contributed by atoms with Crippen molar-refractivity contribution in [3.63, 3.8) is 0 Å². The molecule has 1 heterocycles. The molecule has 0 aliphatic rings. The lowest BCUT2D eigenvalue weighted by molar-refractivity contribution is 0.209. The molecule has 0 aliphatic carbocycles. The highest BCUT2D eigenvalue weighted by molar-refractivity contribution is 7.67. The number of benzene rings is 1. The maximum Gasteiger partial charge on any atom is 0.264 e. The first-order valence-corrected chi connectivity index (χ1v) is 10.1. The third-order valence-electron chi connectivity index (χ3n) is 4.03. The number of hydrogen-bond donors (Lipinski definition) is 1. The molecule has 1 aromatic carbocycles. The molecule has 0 fully saturated rings. The Labute approximate surface area is 150 Å². The van der Waals surface area contributed by atoms with Gasteiger partial charge in [-0.25, -0.2) is 0 Å². The molecule has 1 N–H and O–H groups in total. The van der Waals surface area contributed by atoms with E-state index < -0.39 is 13.2 Å². The molecule has 0 spiro atoms. The highest BCUT2D eigenvalue weighted by Gasteiger charge is 2.36. The molecule has 0 amide bonds. The van der Waals surface area contributed by atoms with Crippen LogP contribution in [0.3, 0.4) is 0 Å². The topological polar surface area (TPSA) is 62.7 Å². The van der Waals surface area contributed by atoms with Crippen molar-refractivity contribution in [2.24, 2.45) is 5.92 Å². The van der Waals surface area contributed by atoms with E-state index in [0.717, 1.165) is 12.1 Å². The molecular weight excluding hydrogens is 335 g/mol. The molecule has 0 radical (unpaired) electrons. The van der Waals surface area contributed by atoms with Crippen LogP contribution in [0.5, 0.6) is 0 Å². The van der Waals surface area contributed by atoms with E-state index in [2.05, 4.69) is 18.8 Å². The number of anilines is 1. The van der Waals surface area contributed by atoms with Crippen molar-refractivity contribution in [1.29, 1.82) is 0 Å². The van der Waals surface area contributed by atoms with Gasteiger partial charge in [0.1, 0.15) is 0 Å². The minimum absolute atomic E-state index is 0.340. The summed E-state index contributed by atoms with van der Waals surface area (Å²) in [5, 5.41) is 11.3. The number of rotatable bonds is 8. The minimum atomic E-state index is -3.48. The van der Waals surface area contributed by atoms with Gasteiger partial charge in [-0.3, -0.25) is 9.55 Å². The number of nitrogens with zero attached hydrogens (tertiary/aromatic N) is 2. The maximum atomic E-state index is 13.7. The third kappa shape index (κ3) is 4.91. The Balaban J connectivity index is 2.35. The first-order valence-electron chi connectivity index (χ1n) is 8.45. The van der Waals surface area contributed by atoms with E-state index in [1.54, 1.807) is 36.7 Å². The lowest BCUT2D eigenvalue weighted by Crippen LogP contribution is -2.16. The van der Waals surface area contributed by atoms with E-state index in [9.17, 15) is 9.67 Å². The Kier molecular flexibility index (Phi) is 6.77. The van der Waals surface area contributed by atoms with Gasteiger partial charge in [0.05, 0.1) is 6.61 Å². The van der Waals surface area contributed by atoms with E-state index in [4.69, 9.17) is 4.52 Å². The molecule has 0 saturated heterocycles. The molecule has 6 heteroatoms. The molecule has 5 nitrogen and oxygen atoms in total. The number of hydrogen-bond acceptors (Lipinski definition) is 5. The quantitative estimate of drug-likeness (QED) is 0.724. The minimum Gasteiger partial charge on any atom is -0.378 e. The maximum absolute atomic E-state index is 13.7. The lowest BCUT2D eigenvalue weighted by Gasteiger charge is -2.25. The molecule has 2 aromatic rings. The Morgan fingerprint density at radius 3 is 2.24 bits per heavy atom. The van der Waals surface area contributed by atoms with Gasteiger partial charge in [0.25, 0.3) is 7.37 Å². The number of aliphatic hydroxyl groups is 1. The summed E-state index contributed by atoms with van der Waals surface area (Å²) in [7, 11) is 0.406. The van der Waals surface area contributed by atoms with E-state index in [0.29, 0.717) is 23.4 Å². The normalized spacial score (nSPS) is 15.0. The summed E-state index contributed by atoms with van der Waals surface area (Å²) < 4.78 is 19.5. The van der Waals surface area contributed by atoms with E-state index in [-0.39, 0.29) is 0 Å². The van der Waals surface area contributed by atoms with Crippen molar-refractivity contribution in [1.82, 2.24) is 4.98 Å². The van der Waals surface area contributed by atoms with E-state index in [1.807, 2.05) is 31.1 Å². The summed E-state index contributed by atoms with van der Waals surface area (Å²) in [5.41, 5.74) is 1.54. The van der Waals surface area contributed by atoms with Crippen molar-refractivity contribution in [2.75, 3.05) is 25.6 Å². The van der Waals surface area contributed by atoms with Crippen LogP contribution in [0.1, 0.15) is 31.7 Å². The highest BCUT2D eigenvalue weighted by atomic mass is 31.2. The van der Waals surface area contributed by atoms with Gasteiger partial charge in [0, 0.05) is 37.5 Å². The summed E-state index contributed by atoms with van der Waals surface area (Å²) >= 11 is 0. The average molecular weight is 362 g/mol. The van der Waals surface area contributed by atoms with Crippen molar-refractivity contribution in [3.05, 3.63) is 54.4 Å². The Morgan fingerprint density at radius 2 is 1.72 bits per heavy atom. The van der Waals surface area contributed by atoms with Crippen LogP contribution in [0, 0.1) is 5.92 Å². The molecule has 25 heavy (non-hydrogen) atoms. The van der Waals surface area contributed by atoms with Crippen LogP contribution >= 0.6 is 7.37 Å². The van der Waals surface area contributed by atoms with Crippen molar-refractivity contribution >= 4 is 18.4 Å². The summed E-state index contributed by atoms with van der Waals surface area (Å²) in [4.78, 5) is 5.92. The number of aromatic nitrogens is 1. The fraction of sp³-hybridized carbons (Fsp3) is 0.421. The second-order valence-electron chi connectivity index (χ2n) is 6.68. The van der Waals surface area contributed by atoms with Crippen LogP contribution in [-0.4, -0.2) is 30.8 Å². The third-order valence-corrected chi connectivity index (χ3v) is 6.56. The highest BCUT2D eigenvalue weighted by Crippen LogP contribution is 2.57. The molecule has 2 rings (SSSR count). The smallest absolute Gasteiger partial charge is 0.264 e. The first-order chi connectivity index (χ1) is 11.8. The fourth-order valence-electron chi connectivity index (χ4n) is 2.40. The predicted molar refractivity (Wildman–Crippen MR) is 103 cm³/mol. The van der Waals surface area contributed by atoms with Gasteiger partial charge in [0.2, 0.25) is 0 Å². The molecule has 1 aromatic heterocycles. The molecule has 0 unspecified atom stereocenters. The van der Waals surface area contributed by atoms with Gasteiger partial charge in [0.15, 0.2) is 5.85 Å². The summed E-state index contributed by atoms with van der Waals surface area (Å²) in [6, 6.07) is 10.6. The predicted octanol–water partition coefficient (Wildman–Crippen LogP) is 3.80. The Morgan fingerprint density at radius 1 is 1.12 bits per heavy atom. The van der Waals surface area contributed by atoms with E-state index in [1.165, 1.54) is 0 Å². The molecule has 2 atom stereocenters. The molecular formula is C19H27N2O3P. The second kappa shape index (κ2) is 8.61. The zero-order valence-corrected chi connectivity index (χ0v) is 16.2.